The van der Waals surface area contributed by atoms with Gasteiger partial charge in [0, 0.05) is 36.4 Å². The highest BCUT2D eigenvalue weighted by Gasteiger charge is 2.39. The van der Waals surface area contributed by atoms with Crippen LogP contribution in [0.2, 0.25) is 0 Å². The van der Waals surface area contributed by atoms with Crippen molar-refractivity contribution in [3.05, 3.63) is 70.8 Å². The maximum absolute atomic E-state index is 13.8. The van der Waals surface area contributed by atoms with Crippen LogP contribution in [-0.4, -0.2) is 46.6 Å². The number of amides is 1. The fourth-order valence-corrected chi connectivity index (χ4v) is 5.99. The molecule has 2 aromatic rings. The molecule has 1 fully saturated rings. The van der Waals surface area contributed by atoms with Crippen molar-refractivity contribution in [2.24, 2.45) is 0 Å². The predicted molar refractivity (Wildman–Crippen MR) is 148 cm³/mol. The number of carbonyl (C=O) groups excluding carboxylic acids is 1. The van der Waals surface area contributed by atoms with Crippen molar-refractivity contribution in [1.82, 2.24) is 15.4 Å². The van der Waals surface area contributed by atoms with Crippen LogP contribution in [0, 0.1) is 11.6 Å². The lowest BCUT2D eigenvalue weighted by molar-refractivity contribution is -0.120. The van der Waals surface area contributed by atoms with Crippen molar-refractivity contribution in [3.63, 3.8) is 0 Å². The Hall–Kier alpha value is -2.04. The second kappa shape index (κ2) is 12.9. The molecule has 4 N–H and O–H groups in total. The number of carbonyl (C=O) groups is 1. The lowest BCUT2D eigenvalue weighted by Crippen LogP contribution is -2.54. The monoisotopic (exact) mass is 549 g/mol. The van der Waals surface area contributed by atoms with Gasteiger partial charge in [0.05, 0.1) is 18.2 Å². The highest BCUT2D eigenvalue weighted by molar-refractivity contribution is 7.88. The molecule has 3 atom stereocenters. The molecule has 1 saturated carbocycles. The third-order valence-electron chi connectivity index (χ3n) is 7.33. The van der Waals surface area contributed by atoms with Gasteiger partial charge < -0.3 is 20.3 Å². The van der Waals surface area contributed by atoms with Crippen LogP contribution in [0.3, 0.4) is 0 Å². The first kappa shape index (κ1) is 30.5. The highest BCUT2D eigenvalue weighted by Crippen LogP contribution is 2.39. The third kappa shape index (κ3) is 8.48. The van der Waals surface area contributed by atoms with Gasteiger partial charge in [-0.15, -0.1) is 4.72 Å². The van der Waals surface area contributed by atoms with Gasteiger partial charge in [-0.25, -0.2) is 8.78 Å². The summed E-state index contributed by atoms with van der Waals surface area (Å²) in [5.74, 6) is -1.74. The van der Waals surface area contributed by atoms with Gasteiger partial charge in [-0.1, -0.05) is 45.0 Å². The van der Waals surface area contributed by atoms with E-state index < -0.39 is 40.7 Å². The molecule has 0 heterocycles. The van der Waals surface area contributed by atoms with Crippen LogP contribution in [-0.2, 0) is 33.5 Å². The largest absolute Gasteiger partial charge is 0.598 e. The smallest absolute Gasteiger partial charge is 0.217 e. The molecule has 0 radical (unpaired) electrons. The van der Waals surface area contributed by atoms with E-state index in [-0.39, 0.29) is 30.3 Å². The standard InChI is InChI=1S/C29H41F2N3O3S/c1-19(35)33-26(15-20-13-23(30)17-24(31)14-20)27(36)18-32-29(11-9-25(10-12-29)34-38(5)37)22-8-6-7-21(16-22)28(2,3)4/h6-8,13-14,16-17,25-27,32,34,36H,9-12,15,18H2,1-5H3,(H,33,35)/t25?,26-,27+,29?,38?/m0/s1. The predicted octanol–water partition coefficient (Wildman–Crippen LogP) is 3.98. The van der Waals surface area contributed by atoms with E-state index in [0.717, 1.165) is 37.3 Å². The fourth-order valence-electron chi connectivity index (χ4n) is 5.28. The summed E-state index contributed by atoms with van der Waals surface area (Å²) >= 11 is -1.10. The SMILES string of the molecule is CC(=O)N[C@@H](Cc1cc(F)cc(F)c1)[C@H](O)CNC1(c2cccc(C(C)(C)C)c2)CCC(N[S+](C)[O-])CC1. The maximum atomic E-state index is 13.8. The van der Waals surface area contributed by atoms with E-state index in [4.69, 9.17) is 0 Å². The van der Waals surface area contributed by atoms with Crippen LogP contribution in [0.15, 0.2) is 42.5 Å². The van der Waals surface area contributed by atoms with Crippen LogP contribution in [0.25, 0.3) is 0 Å². The van der Waals surface area contributed by atoms with E-state index in [0.29, 0.717) is 5.56 Å². The molecule has 0 aromatic heterocycles. The van der Waals surface area contributed by atoms with E-state index in [2.05, 4.69) is 60.4 Å². The second-order valence-electron chi connectivity index (χ2n) is 11.5. The topological polar surface area (TPSA) is 96.5 Å². The molecule has 1 amide bonds. The second-order valence-corrected chi connectivity index (χ2v) is 12.6. The number of nitrogens with one attached hydrogen (secondary N) is 3. The molecule has 0 aliphatic heterocycles. The summed E-state index contributed by atoms with van der Waals surface area (Å²) in [5, 5.41) is 17.5. The molecule has 3 rings (SSSR count). The van der Waals surface area contributed by atoms with Crippen molar-refractivity contribution in [2.75, 3.05) is 12.8 Å². The van der Waals surface area contributed by atoms with Crippen molar-refractivity contribution < 1.29 is 23.2 Å². The zero-order chi connectivity index (χ0) is 28.1. The number of benzene rings is 2. The van der Waals surface area contributed by atoms with Crippen LogP contribution in [0.1, 0.15) is 70.1 Å². The van der Waals surface area contributed by atoms with Crippen LogP contribution < -0.4 is 15.4 Å². The molecule has 0 saturated heterocycles. The van der Waals surface area contributed by atoms with Gasteiger partial charge >= 0.3 is 0 Å². The van der Waals surface area contributed by atoms with Crippen LogP contribution >= 0.6 is 0 Å². The highest BCUT2D eigenvalue weighted by atomic mass is 32.2. The quantitative estimate of drug-likeness (QED) is 0.336. The molecule has 6 nitrogen and oxygen atoms in total. The Kier molecular flexibility index (Phi) is 10.3. The van der Waals surface area contributed by atoms with Gasteiger partial charge in [0.25, 0.3) is 0 Å². The lowest BCUT2D eigenvalue weighted by atomic mass is 9.73. The van der Waals surface area contributed by atoms with Gasteiger partial charge in [-0.2, -0.15) is 0 Å². The van der Waals surface area contributed by atoms with E-state index in [1.54, 1.807) is 6.26 Å². The zero-order valence-corrected chi connectivity index (χ0v) is 23.8. The molecule has 2 aromatic carbocycles. The molecular weight excluding hydrogens is 508 g/mol. The normalized spacial score (nSPS) is 22.5. The van der Waals surface area contributed by atoms with Gasteiger partial charge in [-0.3, -0.25) is 4.79 Å². The number of hydrogen-bond donors (Lipinski definition) is 4. The Bertz CT molecular complexity index is 1060. The molecule has 0 spiro atoms. The fraction of sp³-hybridized carbons (Fsp3) is 0.552. The van der Waals surface area contributed by atoms with Crippen LogP contribution in [0.5, 0.6) is 0 Å². The molecule has 0 bridgehead atoms. The minimum absolute atomic E-state index is 0.0364. The first-order valence-corrected chi connectivity index (χ1v) is 14.7. The molecule has 1 aliphatic carbocycles. The summed E-state index contributed by atoms with van der Waals surface area (Å²) in [6.45, 7) is 8.02. The van der Waals surface area contributed by atoms with Gasteiger partial charge in [-0.05, 0) is 66.3 Å². The summed E-state index contributed by atoms with van der Waals surface area (Å²) in [6.07, 6.45) is 3.85. The third-order valence-corrected chi connectivity index (χ3v) is 8.00. The molecule has 1 aliphatic rings. The van der Waals surface area contributed by atoms with E-state index in [1.807, 2.05) is 0 Å². The van der Waals surface area contributed by atoms with E-state index >= 15 is 0 Å². The van der Waals surface area contributed by atoms with Crippen molar-refractivity contribution in [3.8, 4) is 0 Å². The summed E-state index contributed by atoms with van der Waals surface area (Å²) < 4.78 is 42.4. The average molecular weight is 550 g/mol. The Morgan fingerprint density at radius 3 is 2.34 bits per heavy atom. The summed E-state index contributed by atoms with van der Waals surface area (Å²) in [7, 11) is 0. The Morgan fingerprint density at radius 1 is 1.16 bits per heavy atom. The Labute approximate surface area is 228 Å². The summed E-state index contributed by atoms with van der Waals surface area (Å²) in [6, 6.07) is 11.1. The molecule has 210 valence electrons. The van der Waals surface area contributed by atoms with Crippen LogP contribution in [0.4, 0.5) is 8.78 Å². The average Bonchev–Trinajstić information content (AvgIpc) is 2.81. The van der Waals surface area contributed by atoms with Gasteiger partial charge in [0.15, 0.2) is 0 Å². The van der Waals surface area contributed by atoms with Crippen molar-refractivity contribution >= 4 is 17.3 Å². The molecule has 1 unspecified atom stereocenters. The minimum Gasteiger partial charge on any atom is -0.598 e. The molecule has 9 heteroatoms. The maximum Gasteiger partial charge on any atom is 0.217 e. The van der Waals surface area contributed by atoms with E-state index in [1.165, 1.54) is 24.6 Å². The zero-order valence-electron chi connectivity index (χ0n) is 22.9. The molecule has 38 heavy (non-hydrogen) atoms. The molecular formula is C29H41F2N3O3S. The minimum atomic E-state index is -1.10. The van der Waals surface area contributed by atoms with Crippen molar-refractivity contribution in [1.29, 1.82) is 0 Å². The first-order valence-electron chi connectivity index (χ1n) is 13.1. The Balaban J connectivity index is 1.83. The summed E-state index contributed by atoms with van der Waals surface area (Å²) in [4.78, 5) is 11.9. The number of halogens is 2. The van der Waals surface area contributed by atoms with Gasteiger partial charge in [0.1, 0.15) is 17.9 Å². The number of aliphatic hydroxyl groups is 1. The first-order chi connectivity index (χ1) is 17.8. The number of hydrogen-bond acceptors (Lipinski definition) is 5. The van der Waals surface area contributed by atoms with Gasteiger partial charge in [0.2, 0.25) is 5.91 Å². The summed E-state index contributed by atoms with van der Waals surface area (Å²) in [5.41, 5.74) is 2.21. The number of rotatable bonds is 10. The lowest BCUT2D eigenvalue weighted by Gasteiger charge is -2.43. The van der Waals surface area contributed by atoms with Crippen molar-refractivity contribution in [2.45, 2.75) is 88.9 Å². The number of aliphatic hydroxyl groups excluding tert-OH is 1. The Morgan fingerprint density at radius 2 is 1.79 bits per heavy atom. The van der Waals surface area contributed by atoms with E-state index in [9.17, 15) is 23.2 Å².